The molecule has 0 atom stereocenters. The molecule has 0 fully saturated rings. The van der Waals surface area contributed by atoms with Crippen molar-refractivity contribution in [2.24, 2.45) is 0 Å². The summed E-state index contributed by atoms with van der Waals surface area (Å²) in [5.74, 6) is 0.488. The molecule has 0 amide bonds. The summed E-state index contributed by atoms with van der Waals surface area (Å²) in [6.07, 6.45) is 13.2. The first kappa shape index (κ1) is 86.6. The monoisotopic (exact) mass is 1870 g/mol. The van der Waals surface area contributed by atoms with Crippen LogP contribution in [0.1, 0.15) is 27.8 Å². The maximum Gasteiger partial charge on any atom is 0.492 e. The van der Waals surface area contributed by atoms with Gasteiger partial charge in [-0.3, -0.25) is 0 Å². The van der Waals surface area contributed by atoms with Crippen molar-refractivity contribution in [2.45, 2.75) is 48.7 Å². The zero-order chi connectivity index (χ0) is 84.3. The maximum absolute atomic E-state index is 13.6. The molecule has 12 aromatic heterocycles. The van der Waals surface area contributed by atoms with Gasteiger partial charge in [0.2, 0.25) is 0 Å². The zero-order valence-corrected chi connectivity index (χ0v) is 72.8. The highest BCUT2D eigenvalue weighted by molar-refractivity contribution is 14.1. The molecular weight excluding hydrogens is 1800 g/mol. The van der Waals surface area contributed by atoms with Crippen LogP contribution in [-0.2, 0) is 43.3 Å². The lowest BCUT2D eigenvalue weighted by molar-refractivity contribution is 0.282. The highest BCUT2D eigenvalue weighted by Gasteiger charge is 2.29. The van der Waals surface area contributed by atoms with Gasteiger partial charge in [-0.05, 0) is 227 Å². The van der Waals surface area contributed by atoms with Gasteiger partial charge >= 0.3 is 14.2 Å². The van der Waals surface area contributed by atoms with E-state index in [-0.39, 0.29) is 27.9 Å². The van der Waals surface area contributed by atoms with Gasteiger partial charge < -0.3 is 40.0 Å². The van der Waals surface area contributed by atoms with Gasteiger partial charge in [0.1, 0.15) is 11.4 Å². The number of methoxy groups -OCH3 is 1. The van der Waals surface area contributed by atoms with Crippen LogP contribution in [0.5, 0.6) is 5.75 Å². The molecule has 0 radical (unpaired) electrons. The minimum absolute atomic E-state index is 0.0260. The molecule has 0 saturated heterocycles. The fourth-order valence-electron chi connectivity index (χ4n) is 12.8. The molecule has 0 saturated carbocycles. The number of fused-ring (bicyclic) bond motifs is 4. The largest absolute Gasteiger partial charge is 0.497 e. The first-order valence-corrected chi connectivity index (χ1v) is 46.0. The van der Waals surface area contributed by atoms with E-state index in [9.17, 15) is 35.5 Å². The van der Waals surface area contributed by atoms with Crippen LogP contribution in [0.2, 0.25) is 10.0 Å². The topological polar surface area (TPSA) is 315 Å². The Bertz CT molecular complexity index is 6900. The second kappa shape index (κ2) is 38.4. The molecule has 0 aliphatic rings. The van der Waals surface area contributed by atoms with E-state index < -0.39 is 44.3 Å². The Labute approximate surface area is 726 Å². The van der Waals surface area contributed by atoms with Gasteiger partial charge in [0.25, 0.3) is 30.1 Å². The summed E-state index contributed by atoms with van der Waals surface area (Å²) < 4.78 is 88.3. The lowest BCUT2D eigenvalue weighted by atomic mass is 9.80. The Morgan fingerprint density at radius 2 is 0.815 bits per heavy atom. The van der Waals surface area contributed by atoms with Crippen molar-refractivity contribution < 1.29 is 60.3 Å². The van der Waals surface area contributed by atoms with Gasteiger partial charge in [0, 0.05) is 91.5 Å². The van der Waals surface area contributed by atoms with Gasteiger partial charge in [-0.15, -0.1) is 0 Å². The van der Waals surface area contributed by atoms with Crippen LogP contribution in [0.25, 0.3) is 99.8 Å². The number of pyridine rings is 4. The number of benzene rings is 6. The minimum atomic E-state index is -3.86. The van der Waals surface area contributed by atoms with Gasteiger partial charge in [0.05, 0.1) is 50.4 Å². The van der Waals surface area contributed by atoms with Crippen molar-refractivity contribution in [2.75, 3.05) is 7.11 Å². The number of aromatic amines is 1. The number of para-hydroxylation sites is 1. The van der Waals surface area contributed by atoms with E-state index in [1.807, 2.05) is 121 Å². The molecule has 12 heterocycles. The third-order valence-corrected chi connectivity index (χ3v) is 28.0. The summed E-state index contributed by atoms with van der Waals surface area (Å²) in [4.78, 5) is 21.3. The molecule has 0 unspecified atom stereocenters. The maximum atomic E-state index is 13.6. The molecule has 602 valence electrons. The molecule has 0 aliphatic carbocycles. The number of nitrogens with one attached hydrogen (secondary N) is 1. The number of thiophene rings is 4. The number of hydrogen-bond donors (Lipinski definition) is 7. The molecule has 18 rings (SSSR count). The van der Waals surface area contributed by atoms with Crippen molar-refractivity contribution in [3.05, 3.63) is 328 Å². The number of hydrogen-bond acceptors (Lipinski definition) is 21. The third-order valence-electron chi connectivity index (χ3n) is 18.8. The smallest absolute Gasteiger partial charge is 0.492 e. The molecule has 0 bridgehead atoms. The fraction of sp³-hybridized carbons (Fsp3) is 0.0698. The van der Waals surface area contributed by atoms with Gasteiger partial charge in [-0.1, -0.05) is 149 Å². The second-order valence-electron chi connectivity index (χ2n) is 26.4. The van der Waals surface area contributed by atoms with E-state index in [0.717, 1.165) is 97.9 Å². The minimum Gasteiger partial charge on any atom is -0.497 e. The predicted molar refractivity (Wildman–Crippen MR) is 489 cm³/mol. The highest BCUT2D eigenvalue weighted by Crippen LogP contribution is 2.43. The molecule has 21 nitrogen and oxygen atoms in total. The van der Waals surface area contributed by atoms with E-state index in [1.54, 1.807) is 191 Å². The van der Waals surface area contributed by atoms with E-state index in [4.69, 9.17) is 48.0 Å². The zero-order valence-electron chi connectivity index (χ0n) is 63.4. The van der Waals surface area contributed by atoms with Crippen LogP contribution >= 0.6 is 91.1 Å². The van der Waals surface area contributed by atoms with Gasteiger partial charge in [-0.2, -0.15) is 45.3 Å². The molecule has 119 heavy (non-hydrogen) atoms. The SMILES string of the molecule is COc1ccccc1B(O)O.Cc1ccc(S(=O)(=O)n2cc(-c3ccsc3)c3c(-c4ccccc4CO)ccnc32)cc1.Cc1ccc(S(=O)(=O)n2cc(-c3ccsc3)c3c(Cl)ccnc32)cc1.Cc1ccc(S(=O)(=O)n2cc(I)c3c(Cl)ccnc32)cc1.OB(O)c1ccsc1.OCc1ccccc1-c1ccnc2[nH]cc(-c3ccsc3)c12. The van der Waals surface area contributed by atoms with E-state index in [2.05, 4.69) is 64.3 Å². The first-order chi connectivity index (χ1) is 57.3. The Kier molecular flexibility index (Phi) is 27.9. The summed E-state index contributed by atoms with van der Waals surface area (Å²) >= 11 is 20.8. The van der Waals surface area contributed by atoms with E-state index >= 15 is 0 Å². The summed E-state index contributed by atoms with van der Waals surface area (Å²) in [5, 5.41) is 73.8. The van der Waals surface area contributed by atoms with Crippen LogP contribution in [0.15, 0.2) is 301 Å². The number of aromatic nitrogens is 8. The summed E-state index contributed by atoms with van der Waals surface area (Å²) in [6, 6.07) is 57.5. The van der Waals surface area contributed by atoms with E-state index in [0.29, 0.717) is 54.4 Å². The van der Waals surface area contributed by atoms with Crippen molar-refractivity contribution in [1.82, 2.24) is 36.8 Å². The second-order valence-corrected chi connectivity index (χ2v) is 37.0. The number of H-pyrrole nitrogens is 1. The Hall–Kier alpha value is -10.3. The van der Waals surface area contributed by atoms with Crippen LogP contribution in [0.4, 0.5) is 0 Å². The molecule has 6 aromatic carbocycles. The highest BCUT2D eigenvalue weighted by atomic mass is 127. The first-order valence-electron chi connectivity index (χ1n) is 36.1. The van der Waals surface area contributed by atoms with Crippen LogP contribution in [-0.4, -0.2) is 114 Å². The number of nitrogens with zero attached hydrogens (tertiary/aromatic N) is 7. The molecule has 33 heteroatoms. The average molecular weight is 1870 g/mol. The number of aliphatic hydroxyl groups excluding tert-OH is 2. The Balaban J connectivity index is 0.000000129. The molecule has 7 N–H and O–H groups in total. The summed E-state index contributed by atoms with van der Waals surface area (Å²) in [7, 11) is -12.6. The number of ether oxygens (including phenoxy) is 1. The predicted octanol–water partition coefficient (Wildman–Crippen LogP) is 17.5. The van der Waals surface area contributed by atoms with Gasteiger partial charge in [0.15, 0.2) is 16.9 Å². The summed E-state index contributed by atoms with van der Waals surface area (Å²) in [6.45, 7) is 5.65. The lowest BCUT2D eigenvalue weighted by Gasteiger charge is -2.11. The normalized spacial score (nSPS) is 11.3. The lowest BCUT2D eigenvalue weighted by Crippen LogP contribution is -2.30. The number of halogens is 3. The van der Waals surface area contributed by atoms with Crippen molar-refractivity contribution >= 4 is 191 Å². The summed E-state index contributed by atoms with van der Waals surface area (Å²) in [5.41, 5.74) is 17.1. The molecule has 0 spiro atoms. The van der Waals surface area contributed by atoms with Gasteiger partial charge in [-0.25, -0.2) is 57.1 Å². The van der Waals surface area contributed by atoms with Crippen LogP contribution in [0.3, 0.4) is 0 Å². The Morgan fingerprint density at radius 3 is 1.24 bits per heavy atom. The standard InChI is InChI=1S/C25H20N2O3S2.C18H13ClN2O2S2.C18H14N2OS.C14H10ClIN2O2S.C7H9BO3.C4H5BO2S/c1-17-6-8-20(9-7-17)32(29,30)27-14-23(19-11-13-31-16-19)24-22(10-12-26-25(24)27)21-5-3-2-4-18(21)15-28;1-12-2-4-14(5-3-12)25(22,23)21-10-15(13-7-9-24-11-13)17-16(19)6-8-20-18(17)21;21-10-12-3-1-2-4-14(12)15-5-7-19-18-17(15)16(9-20-18)13-6-8-22-11-13;1-9-2-4-10(5-3-9)21(19,20)18-8-12(16)13-11(15)6-7-17-14(13)18;1-11-7-5-3-2-4-6(7)8(9)10;6-5(7)4-1-2-8-3-4/h2-14,16,28H,15H2,1H3;2-11H,1H3;1-9,11,21H,10H2,(H,19,20);2-8H,1H3;2-5,9-10H,1H3;1-3,6-7H. The number of aryl methyl sites for hydroxylation is 3. The fourth-order valence-corrected chi connectivity index (χ4v) is 21.1. The van der Waals surface area contributed by atoms with E-state index in [1.165, 1.54) is 48.3 Å². The van der Waals surface area contributed by atoms with Crippen molar-refractivity contribution in [1.29, 1.82) is 0 Å². The van der Waals surface area contributed by atoms with Crippen molar-refractivity contribution in [3.8, 4) is 61.4 Å². The molecule has 18 aromatic rings. The van der Waals surface area contributed by atoms with Crippen LogP contribution < -0.4 is 15.7 Å². The molecular formula is C86H71B2Cl2IN8O13S7. The van der Waals surface area contributed by atoms with Crippen LogP contribution in [0, 0.1) is 24.3 Å². The number of rotatable bonds is 16. The third kappa shape index (κ3) is 19.0. The Morgan fingerprint density at radius 1 is 0.420 bits per heavy atom. The quantitative estimate of drug-likeness (QED) is 0.0349. The number of aliphatic hydroxyl groups is 2. The average Bonchev–Trinajstić information content (AvgIpc) is 1.60. The van der Waals surface area contributed by atoms with Crippen molar-refractivity contribution in [3.63, 3.8) is 0 Å². The molecule has 0 aliphatic heterocycles.